The minimum absolute atomic E-state index is 0.629. The van der Waals surface area contributed by atoms with Gasteiger partial charge in [0.1, 0.15) is 0 Å². The maximum atomic E-state index is 4.03. The van der Waals surface area contributed by atoms with E-state index in [2.05, 4.69) is 62.0 Å². The van der Waals surface area contributed by atoms with E-state index in [0.717, 1.165) is 0 Å². The molecule has 1 heteroatoms. The van der Waals surface area contributed by atoms with Gasteiger partial charge >= 0.3 is 113 Å². The summed E-state index contributed by atoms with van der Waals surface area (Å²) in [5.74, 6) is 0. The van der Waals surface area contributed by atoms with Gasteiger partial charge in [0.05, 0.1) is 0 Å². The average molecular weight is 394 g/mol. The Hall–Kier alpha value is -0.885. The maximum absolute atomic E-state index is 4.03. The second-order valence-corrected chi connectivity index (χ2v) is 7.37. The van der Waals surface area contributed by atoms with Gasteiger partial charge in [-0.2, -0.15) is 0 Å². The Morgan fingerprint density at radius 1 is 0.875 bits per heavy atom. The number of benzene rings is 2. The Bertz CT molecular complexity index is 492. The van der Waals surface area contributed by atoms with E-state index in [4.69, 9.17) is 0 Å². The first-order valence-electron chi connectivity index (χ1n) is 5.35. The fraction of sp³-hybridized carbons (Fsp3) is 0.0667. The van der Waals surface area contributed by atoms with Gasteiger partial charge in [-0.3, -0.25) is 0 Å². The third-order valence-corrected chi connectivity index (χ3v) is 4.27. The van der Waals surface area contributed by atoms with E-state index in [1.54, 1.807) is 0 Å². The summed E-state index contributed by atoms with van der Waals surface area (Å²) in [5, 5.41) is 0. The van der Waals surface area contributed by atoms with Crippen molar-refractivity contribution in [3.05, 3.63) is 66.2 Å². The molecule has 2 aromatic carbocycles. The predicted octanol–water partition coefficient (Wildman–Crippen LogP) is 4.18. The molecule has 75 valence electrons. The van der Waals surface area contributed by atoms with Crippen LogP contribution >= 0.6 is 0 Å². The summed E-state index contributed by atoms with van der Waals surface area (Å²) >= 11 is 0.629. The molecule has 0 bridgehead atoms. The molecule has 0 heterocycles. The van der Waals surface area contributed by atoms with Gasteiger partial charge in [-0.25, -0.2) is 0 Å². The van der Waals surface area contributed by atoms with E-state index < -0.39 is 0 Å². The Kier molecular flexibility index (Phi) is 3.60. The summed E-state index contributed by atoms with van der Waals surface area (Å²) in [4.78, 5) is 0. The topological polar surface area (TPSA) is 0 Å². The Morgan fingerprint density at radius 3 is 1.75 bits per heavy atom. The molecule has 16 heavy (non-hydrogen) atoms. The van der Waals surface area contributed by atoms with E-state index in [1.807, 2.05) is 0 Å². The Labute approximate surface area is 113 Å². The summed E-state index contributed by atoms with van der Waals surface area (Å²) in [7, 11) is 0. The average Bonchev–Trinajstić information content (AvgIpc) is 2.30. The van der Waals surface area contributed by atoms with Crippen LogP contribution < -0.4 is 0 Å². The van der Waals surface area contributed by atoms with Crippen LogP contribution in [-0.4, -0.2) is 0 Å². The van der Waals surface area contributed by atoms with Crippen molar-refractivity contribution in [3.63, 3.8) is 0 Å². The van der Waals surface area contributed by atoms with Gasteiger partial charge < -0.3 is 0 Å². The number of hydrogen-bond donors (Lipinski definition) is 0. The second kappa shape index (κ2) is 4.96. The second-order valence-electron chi connectivity index (χ2n) is 4.05. The van der Waals surface area contributed by atoms with Gasteiger partial charge in [0.15, 0.2) is 0 Å². The first-order valence-corrected chi connectivity index (χ1v) is 8.10. The molecule has 0 fully saturated rings. The summed E-state index contributed by atoms with van der Waals surface area (Å²) in [5.41, 5.74) is 5.15. The fourth-order valence-corrected chi connectivity index (χ4v) is 2.56. The zero-order valence-electron chi connectivity index (χ0n) is 9.53. The fourth-order valence-electron chi connectivity index (χ4n) is 1.64. The van der Waals surface area contributed by atoms with Crippen LogP contribution in [0.2, 0.25) is 0 Å². The molecule has 0 unspecified atom stereocenters. The molecule has 0 amide bonds. The van der Waals surface area contributed by atoms with Crippen LogP contribution in [0.1, 0.15) is 11.1 Å². The van der Waals surface area contributed by atoms with Gasteiger partial charge in [0.25, 0.3) is 0 Å². The van der Waals surface area contributed by atoms with E-state index in [-0.39, 0.29) is 0 Å². The van der Waals surface area contributed by atoms with Crippen LogP contribution in [-0.2, 0) is 26.1 Å². The van der Waals surface area contributed by atoms with Crippen LogP contribution in [0.5, 0.6) is 0 Å². The van der Waals surface area contributed by atoms with E-state index in [1.165, 1.54) is 25.3 Å². The van der Waals surface area contributed by atoms with E-state index in [0.29, 0.717) is 26.1 Å². The Morgan fingerprint density at radius 2 is 1.31 bits per heavy atom. The summed E-state index contributed by atoms with van der Waals surface area (Å²) in [6.07, 6.45) is 0. The molecule has 0 atom stereocenters. The van der Waals surface area contributed by atoms with Crippen LogP contribution in [0.4, 0.5) is 0 Å². The number of rotatable bonds is 2. The summed E-state index contributed by atoms with van der Waals surface area (Å²) in [6.45, 7) is 6.14. The Balaban J connectivity index is 2.34. The number of aryl methyl sites for hydroxylation is 1. The van der Waals surface area contributed by atoms with Crippen molar-refractivity contribution >= 4 is 3.08 Å². The zero-order chi connectivity index (χ0) is 11.5. The van der Waals surface area contributed by atoms with Crippen molar-refractivity contribution in [1.82, 2.24) is 0 Å². The van der Waals surface area contributed by atoms with Gasteiger partial charge in [-0.1, -0.05) is 0 Å². The molecular weight excluding hydrogens is 381 g/mol. The predicted molar refractivity (Wildman–Crippen MR) is 65.6 cm³/mol. The quantitative estimate of drug-likeness (QED) is 0.671. The molecular formula is C15H13Hg. The van der Waals surface area contributed by atoms with Gasteiger partial charge in [-0.05, 0) is 0 Å². The molecule has 0 aliphatic heterocycles. The molecule has 0 saturated carbocycles. The third-order valence-electron chi connectivity index (χ3n) is 2.68. The van der Waals surface area contributed by atoms with E-state index >= 15 is 0 Å². The molecule has 0 aromatic heterocycles. The molecule has 2 aromatic rings. The summed E-state index contributed by atoms with van der Waals surface area (Å²) in [6, 6.07) is 17.3. The molecule has 0 nitrogen and oxygen atoms in total. The van der Waals surface area contributed by atoms with Crippen LogP contribution in [0, 0.1) is 6.92 Å². The molecule has 0 spiro atoms. The molecule has 0 aliphatic carbocycles. The molecule has 2 rings (SSSR count). The monoisotopic (exact) mass is 395 g/mol. The summed E-state index contributed by atoms with van der Waals surface area (Å²) < 4.78 is 1.30. The standard InChI is InChI=1S/C15H13.Hg/c1-3-13-6-10-15(11-7-13)14-8-4-12(2)5-9-14;/h4-11H,1H2,2H3;. The third kappa shape index (κ3) is 2.62. The van der Waals surface area contributed by atoms with E-state index in [9.17, 15) is 0 Å². The molecule has 0 saturated heterocycles. The van der Waals surface area contributed by atoms with Gasteiger partial charge in [-0.15, -0.1) is 0 Å². The number of hydrogen-bond acceptors (Lipinski definition) is 0. The van der Waals surface area contributed by atoms with Crippen molar-refractivity contribution in [1.29, 1.82) is 0 Å². The van der Waals surface area contributed by atoms with Crippen molar-refractivity contribution in [3.8, 4) is 11.1 Å². The van der Waals surface area contributed by atoms with Gasteiger partial charge in [0, 0.05) is 0 Å². The first-order chi connectivity index (χ1) is 7.66. The van der Waals surface area contributed by atoms with Crippen molar-refractivity contribution in [2.75, 3.05) is 0 Å². The van der Waals surface area contributed by atoms with Crippen LogP contribution in [0.15, 0.2) is 55.1 Å². The molecule has 0 radical (unpaired) electrons. The zero-order valence-corrected chi connectivity index (χ0v) is 15.0. The molecule has 0 aliphatic rings. The SMILES string of the molecule is C=[C]([Hg])c1ccc(-c2ccc(C)cc2)cc1. The van der Waals surface area contributed by atoms with Crippen LogP contribution in [0.3, 0.4) is 0 Å². The van der Waals surface area contributed by atoms with Crippen molar-refractivity contribution < 1.29 is 26.1 Å². The normalized spacial score (nSPS) is 10.2. The van der Waals surface area contributed by atoms with Crippen LogP contribution in [0.25, 0.3) is 14.2 Å². The van der Waals surface area contributed by atoms with Gasteiger partial charge in [0.2, 0.25) is 0 Å². The first kappa shape index (κ1) is 11.6. The van der Waals surface area contributed by atoms with Crippen molar-refractivity contribution in [2.24, 2.45) is 0 Å². The van der Waals surface area contributed by atoms with Crippen molar-refractivity contribution in [2.45, 2.75) is 6.92 Å². The molecule has 0 N–H and O–H groups in total. The minimum atomic E-state index is 0.629.